The molecule has 202 valence electrons. The maximum atomic E-state index is 13.7. The Balaban J connectivity index is 1.16. The largest absolute Gasteiger partial charge is 0.370 e. The summed E-state index contributed by atoms with van der Waals surface area (Å²) in [6.45, 7) is 4.59. The second kappa shape index (κ2) is 10.6. The van der Waals surface area contributed by atoms with E-state index in [0.717, 1.165) is 57.4 Å². The van der Waals surface area contributed by atoms with E-state index in [1.165, 1.54) is 10.5 Å². The second-order valence-electron chi connectivity index (χ2n) is 10.8. The quantitative estimate of drug-likeness (QED) is 0.459. The zero-order chi connectivity index (χ0) is 26.9. The van der Waals surface area contributed by atoms with E-state index in [1.54, 1.807) is 13.0 Å². The van der Waals surface area contributed by atoms with Crippen LogP contribution >= 0.6 is 0 Å². The number of aryl methyl sites for hydroxylation is 1. The number of imide groups is 1. The van der Waals surface area contributed by atoms with Gasteiger partial charge in [-0.3, -0.25) is 19.3 Å². The molecule has 2 atom stereocenters. The normalized spacial score (nSPS) is 21.7. The number of carbonyl (C=O) groups excluding carboxylic acids is 3. The Morgan fingerprint density at radius 1 is 0.923 bits per heavy atom. The average Bonchev–Trinajstić information content (AvgIpc) is 3.36. The Bertz CT molecular complexity index is 1390. The van der Waals surface area contributed by atoms with Gasteiger partial charge in [0, 0.05) is 26.2 Å². The van der Waals surface area contributed by atoms with Gasteiger partial charge in [-0.1, -0.05) is 46.7 Å². The second-order valence-corrected chi connectivity index (χ2v) is 10.8. The van der Waals surface area contributed by atoms with Crippen molar-refractivity contribution in [2.75, 3.05) is 31.1 Å². The van der Waals surface area contributed by atoms with E-state index in [1.807, 2.05) is 18.2 Å². The van der Waals surface area contributed by atoms with E-state index in [4.69, 9.17) is 4.63 Å². The summed E-state index contributed by atoms with van der Waals surface area (Å²) in [5.41, 5.74) is 3.89. The first-order valence-electron chi connectivity index (χ1n) is 13.9. The molecule has 0 spiro atoms. The van der Waals surface area contributed by atoms with E-state index < -0.39 is 0 Å². The SMILES string of the molecule is Cc1nonc1CN1C(=O)c2cccc(N3CCCC(C(=O)N4CCCC(c5ccccc5)CC4)C3)c2C1=O. The summed E-state index contributed by atoms with van der Waals surface area (Å²) in [5, 5.41) is 7.60. The van der Waals surface area contributed by atoms with E-state index >= 15 is 0 Å². The topological polar surface area (TPSA) is 99.8 Å². The molecule has 2 saturated heterocycles. The molecule has 3 aliphatic rings. The molecule has 2 aromatic carbocycles. The van der Waals surface area contributed by atoms with Crippen molar-refractivity contribution < 1.29 is 19.0 Å². The molecular weight excluding hydrogens is 494 g/mol. The summed E-state index contributed by atoms with van der Waals surface area (Å²) in [5.74, 6) is -0.126. The van der Waals surface area contributed by atoms with E-state index in [2.05, 4.69) is 44.4 Å². The summed E-state index contributed by atoms with van der Waals surface area (Å²) in [6.07, 6.45) is 4.76. The molecular formula is C30H33N5O4. The fourth-order valence-corrected chi connectivity index (χ4v) is 6.30. The summed E-state index contributed by atoms with van der Waals surface area (Å²) in [4.78, 5) is 45.7. The van der Waals surface area contributed by atoms with Crippen LogP contribution in [0.4, 0.5) is 5.69 Å². The average molecular weight is 528 g/mol. The van der Waals surface area contributed by atoms with Crippen LogP contribution in [-0.2, 0) is 11.3 Å². The first kappa shape index (κ1) is 25.3. The minimum absolute atomic E-state index is 0.0150. The van der Waals surface area contributed by atoms with Crippen LogP contribution in [0.2, 0.25) is 0 Å². The number of benzene rings is 2. The molecule has 0 bridgehead atoms. The molecule has 0 aliphatic carbocycles. The van der Waals surface area contributed by atoms with E-state index in [0.29, 0.717) is 35.0 Å². The molecule has 6 rings (SSSR count). The molecule has 3 amide bonds. The highest BCUT2D eigenvalue weighted by molar-refractivity contribution is 6.23. The molecule has 39 heavy (non-hydrogen) atoms. The fraction of sp³-hybridized carbons (Fsp3) is 0.433. The third-order valence-corrected chi connectivity index (χ3v) is 8.45. The number of carbonyl (C=O) groups is 3. The third kappa shape index (κ3) is 4.82. The van der Waals surface area contributed by atoms with Crippen LogP contribution in [0.5, 0.6) is 0 Å². The first-order chi connectivity index (χ1) is 19.0. The molecule has 0 N–H and O–H groups in total. The highest BCUT2D eigenvalue weighted by atomic mass is 16.6. The van der Waals surface area contributed by atoms with Gasteiger partial charge in [0.25, 0.3) is 11.8 Å². The summed E-state index contributed by atoms with van der Waals surface area (Å²) in [7, 11) is 0. The highest BCUT2D eigenvalue weighted by Crippen LogP contribution is 2.35. The number of anilines is 1. The Morgan fingerprint density at radius 3 is 2.54 bits per heavy atom. The molecule has 1 aromatic heterocycles. The van der Waals surface area contributed by atoms with Gasteiger partial charge in [-0.05, 0) is 62.6 Å². The van der Waals surface area contributed by atoms with Crippen LogP contribution < -0.4 is 4.90 Å². The van der Waals surface area contributed by atoms with Crippen LogP contribution in [0, 0.1) is 12.8 Å². The highest BCUT2D eigenvalue weighted by Gasteiger charge is 2.40. The smallest absolute Gasteiger partial charge is 0.264 e. The van der Waals surface area contributed by atoms with Crippen molar-refractivity contribution in [2.24, 2.45) is 5.92 Å². The number of amides is 3. The number of likely N-dealkylation sites (tertiary alicyclic amines) is 1. The molecule has 2 unspecified atom stereocenters. The van der Waals surface area contributed by atoms with Crippen molar-refractivity contribution >= 4 is 23.4 Å². The third-order valence-electron chi connectivity index (χ3n) is 8.45. The Hall–Kier alpha value is -4.01. The molecule has 2 fully saturated rings. The predicted molar refractivity (Wildman–Crippen MR) is 144 cm³/mol. The maximum absolute atomic E-state index is 13.7. The van der Waals surface area contributed by atoms with E-state index in [9.17, 15) is 14.4 Å². The molecule has 0 saturated carbocycles. The molecule has 9 nitrogen and oxygen atoms in total. The van der Waals surface area contributed by atoms with Crippen LogP contribution in [0.25, 0.3) is 0 Å². The van der Waals surface area contributed by atoms with Gasteiger partial charge in [-0.2, -0.15) is 0 Å². The maximum Gasteiger partial charge on any atom is 0.264 e. The van der Waals surface area contributed by atoms with Gasteiger partial charge >= 0.3 is 0 Å². The lowest BCUT2D eigenvalue weighted by atomic mass is 9.92. The molecule has 9 heteroatoms. The number of hydrogen-bond acceptors (Lipinski definition) is 7. The summed E-state index contributed by atoms with van der Waals surface area (Å²) < 4.78 is 4.75. The lowest BCUT2D eigenvalue weighted by molar-refractivity contribution is -0.135. The number of aromatic nitrogens is 2. The first-order valence-corrected chi connectivity index (χ1v) is 13.9. The van der Waals surface area contributed by atoms with Crippen molar-refractivity contribution in [3.05, 3.63) is 76.6 Å². The summed E-state index contributed by atoms with van der Waals surface area (Å²) >= 11 is 0. The van der Waals surface area contributed by atoms with Crippen LogP contribution in [0.3, 0.4) is 0 Å². The number of rotatable bonds is 5. The van der Waals surface area contributed by atoms with Gasteiger partial charge in [0.2, 0.25) is 5.91 Å². The van der Waals surface area contributed by atoms with Crippen LogP contribution in [0.1, 0.15) is 75.7 Å². The lowest BCUT2D eigenvalue weighted by Gasteiger charge is -2.36. The lowest BCUT2D eigenvalue weighted by Crippen LogP contribution is -2.45. The minimum Gasteiger partial charge on any atom is -0.370 e. The molecule has 3 aliphatic heterocycles. The number of hydrogen-bond donors (Lipinski definition) is 0. The predicted octanol–water partition coefficient (Wildman–Crippen LogP) is 4.19. The monoisotopic (exact) mass is 527 g/mol. The number of fused-ring (bicyclic) bond motifs is 1. The Labute approximate surface area is 227 Å². The van der Waals surface area contributed by atoms with Gasteiger partial charge in [-0.25, -0.2) is 4.63 Å². The van der Waals surface area contributed by atoms with Gasteiger partial charge in [0.1, 0.15) is 11.4 Å². The van der Waals surface area contributed by atoms with Gasteiger partial charge in [0.15, 0.2) is 0 Å². The van der Waals surface area contributed by atoms with Crippen molar-refractivity contribution in [1.29, 1.82) is 0 Å². The zero-order valence-corrected chi connectivity index (χ0v) is 22.2. The number of nitrogens with zero attached hydrogens (tertiary/aromatic N) is 5. The standard InChI is InChI=1S/C30H33N5O4/c1-20-25(32-39-31-20)19-35-29(37)24-12-5-13-26(27(24)30(35)38)34-16-7-11-23(18-34)28(36)33-15-6-10-22(14-17-33)21-8-3-2-4-9-21/h2-5,8-9,12-13,22-23H,6-7,10-11,14-19H2,1H3. The molecule has 3 aromatic rings. The Morgan fingerprint density at radius 2 is 1.74 bits per heavy atom. The minimum atomic E-state index is -0.346. The fourth-order valence-electron chi connectivity index (χ4n) is 6.30. The number of piperidine rings is 1. The Kier molecular flexibility index (Phi) is 6.89. The van der Waals surface area contributed by atoms with Crippen molar-refractivity contribution in [3.63, 3.8) is 0 Å². The van der Waals surface area contributed by atoms with Crippen LogP contribution in [-0.4, -0.2) is 64.0 Å². The van der Waals surface area contributed by atoms with Gasteiger partial charge < -0.3 is 9.80 Å². The summed E-state index contributed by atoms with van der Waals surface area (Å²) in [6, 6.07) is 16.0. The van der Waals surface area contributed by atoms with Gasteiger partial charge in [-0.15, -0.1) is 0 Å². The van der Waals surface area contributed by atoms with E-state index in [-0.39, 0.29) is 30.2 Å². The van der Waals surface area contributed by atoms with Crippen molar-refractivity contribution in [3.8, 4) is 0 Å². The molecule has 4 heterocycles. The zero-order valence-electron chi connectivity index (χ0n) is 22.2. The van der Waals surface area contributed by atoms with Crippen molar-refractivity contribution in [2.45, 2.75) is 51.5 Å². The van der Waals surface area contributed by atoms with Gasteiger partial charge in [0.05, 0.1) is 29.3 Å². The van der Waals surface area contributed by atoms with Crippen molar-refractivity contribution in [1.82, 2.24) is 20.1 Å². The van der Waals surface area contributed by atoms with Crippen LogP contribution in [0.15, 0.2) is 53.2 Å². The molecule has 0 radical (unpaired) electrons.